The second-order valence-electron chi connectivity index (χ2n) is 7.43. The average Bonchev–Trinajstić information content (AvgIpc) is 2.78. The summed E-state index contributed by atoms with van der Waals surface area (Å²) in [7, 11) is 4.02. The van der Waals surface area contributed by atoms with Gasteiger partial charge in [-0.05, 0) is 47.5 Å². The van der Waals surface area contributed by atoms with Crippen molar-refractivity contribution in [3.05, 3.63) is 89.5 Å². The molecule has 7 heteroatoms. The number of nitrogens with one attached hydrogen (secondary N) is 2. The molecule has 0 aliphatic rings. The van der Waals surface area contributed by atoms with Crippen molar-refractivity contribution < 1.29 is 8.78 Å². The summed E-state index contributed by atoms with van der Waals surface area (Å²) in [5.41, 5.74) is 3.66. The third-order valence-corrected chi connectivity index (χ3v) is 4.95. The first-order chi connectivity index (χ1) is 15.0. The summed E-state index contributed by atoms with van der Waals surface area (Å²) in [5.74, 6) is -0.624. The van der Waals surface area contributed by atoms with Crippen molar-refractivity contribution in [2.24, 2.45) is 0 Å². The standard InChI is InChI=1S/C24H23F2N5/c1-31(2)18-10-7-16(8-11-18)14-27-23-19-5-3-4-6-22(19)29-24(30-23)28-15-17-9-12-20(25)21(26)13-17/h3-13H,14-15H2,1-2H3,(H2,27,28,29,30). The maximum absolute atomic E-state index is 13.5. The first-order valence-corrected chi connectivity index (χ1v) is 9.94. The minimum Gasteiger partial charge on any atom is -0.378 e. The molecular weight excluding hydrogens is 396 g/mol. The molecule has 4 aromatic rings. The summed E-state index contributed by atoms with van der Waals surface area (Å²) in [4.78, 5) is 11.2. The normalized spacial score (nSPS) is 10.8. The van der Waals surface area contributed by atoms with Crippen molar-refractivity contribution in [1.82, 2.24) is 9.97 Å². The fraction of sp³-hybridized carbons (Fsp3) is 0.167. The zero-order valence-corrected chi connectivity index (χ0v) is 17.4. The van der Waals surface area contributed by atoms with E-state index in [1.165, 1.54) is 12.1 Å². The molecule has 5 nitrogen and oxygen atoms in total. The molecule has 31 heavy (non-hydrogen) atoms. The van der Waals surface area contributed by atoms with Gasteiger partial charge in [0.15, 0.2) is 11.6 Å². The van der Waals surface area contributed by atoms with Gasteiger partial charge in [-0.2, -0.15) is 4.98 Å². The van der Waals surface area contributed by atoms with Crippen molar-refractivity contribution in [2.45, 2.75) is 13.1 Å². The largest absolute Gasteiger partial charge is 0.378 e. The Morgan fingerprint density at radius 2 is 1.48 bits per heavy atom. The van der Waals surface area contributed by atoms with Gasteiger partial charge in [0.05, 0.1) is 5.52 Å². The molecule has 0 aliphatic heterocycles. The minimum atomic E-state index is -0.874. The zero-order chi connectivity index (χ0) is 21.8. The van der Waals surface area contributed by atoms with E-state index in [-0.39, 0.29) is 6.54 Å². The van der Waals surface area contributed by atoms with Crippen LogP contribution < -0.4 is 15.5 Å². The van der Waals surface area contributed by atoms with Gasteiger partial charge in [0.25, 0.3) is 0 Å². The van der Waals surface area contributed by atoms with Gasteiger partial charge in [-0.25, -0.2) is 13.8 Å². The smallest absolute Gasteiger partial charge is 0.225 e. The van der Waals surface area contributed by atoms with Crippen LogP contribution >= 0.6 is 0 Å². The van der Waals surface area contributed by atoms with Gasteiger partial charge in [-0.3, -0.25) is 0 Å². The lowest BCUT2D eigenvalue weighted by molar-refractivity contribution is 0.507. The molecule has 0 spiro atoms. The first-order valence-electron chi connectivity index (χ1n) is 9.94. The summed E-state index contributed by atoms with van der Waals surface area (Å²) in [6.45, 7) is 0.887. The summed E-state index contributed by atoms with van der Waals surface area (Å²) in [6.07, 6.45) is 0. The predicted molar refractivity (Wildman–Crippen MR) is 121 cm³/mol. The number of halogens is 2. The molecule has 0 radical (unpaired) electrons. The molecule has 0 aliphatic carbocycles. The van der Waals surface area contributed by atoms with Crippen molar-refractivity contribution >= 4 is 28.4 Å². The van der Waals surface area contributed by atoms with Crippen LogP contribution in [0.25, 0.3) is 10.9 Å². The van der Waals surface area contributed by atoms with Gasteiger partial charge < -0.3 is 15.5 Å². The van der Waals surface area contributed by atoms with E-state index in [0.29, 0.717) is 23.9 Å². The van der Waals surface area contributed by atoms with Crippen LogP contribution in [0.4, 0.5) is 26.2 Å². The van der Waals surface area contributed by atoms with Gasteiger partial charge in [0, 0.05) is 38.3 Å². The molecule has 1 heterocycles. The van der Waals surface area contributed by atoms with E-state index >= 15 is 0 Å². The van der Waals surface area contributed by atoms with E-state index in [4.69, 9.17) is 0 Å². The van der Waals surface area contributed by atoms with Crippen molar-refractivity contribution in [2.75, 3.05) is 29.6 Å². The lowest BCUT2D eigenvalue weighted by atomic mass is 10.2. The van der Waals surface area contributed by atoms with E-state index in [2.05, 4.69) is 49.8 Å². The number of nitrogens with zero attached hydrogens (tertiary/aromatic N) is 3. The number of hydrogen-bond acceptors (Lipinski definition) is 5. The molecule has 0 amide bonds. The van der Waals surface area contributed by atoms with Crippen LogP contribution in [-0.2, 0) is 13.1 Å². The molecule has 2 N–H and O–H groups in total. The Morgan fingerprint density at radius 1 is 0.774 bits per heavy atom. The quantitative estimate of drug-likeness (QED) is 0.431. The highest BCUT2D eigenvalue weighted by Gasteiger charge is 2.09. The van der Waals surface area contributed by atoms with Crippen LogP contribution in [-0.4, -0.2) is 24.1 Å². The van der Waals surface area contributed by atoms with Crippen LogP contribution in [0.3, 0.4) is 0 Å². The first kappa shape index (κ1) is 20.5. The molecular formula is C24H23F2N5. The highest BCUT2D eigenvalue weighted by molar-refractivity contribution is 5.90. The number of fused-ring (bicyclic) bond motifs is 1. The molecule has 1 aromatic heterocycles. The number of para-hydroxylation sites is 1. The Hall–Kier alpha value is -3.74. The number of aromatic nitrogens is 2. The molecule has 0 bridgehead atoms. The Balaban J connectivity index is 1.53. The van der Waals surface area contributed by atoms with Gasteiger partial charge >= 0.3 is 0 Å². The predicted octanol–water partition coefficient (Wildman–Crippen LogP) is 5.20. The van der Waals surface area contributed by atoms with Gasteiger partial charge in [0.2, 0.25) is 5.95 Å². The molecule has 0 fully saturated rings. The highest BCUT2D eigenvalue weighted by atomic mass is 19.2. The van der Waals surface area contributed by atoms with Gasteiger partial charge in [-0.15, -0.1) is 0 Å². The molecule has 4 rings (SSSR count). The highest BCUT2D eigenvalue weighted by Crippen LogP contribution is 2.23. The van der Waals surface area contributed by atoms with E-state index in [1.807, 2.05) is 38.4 Å². The molecule has 0 unspecified atom stereocenters. The third kappa shape index (κ3) is 4.88. The maximum atomic E-state index is 13.5. The Morgan fingerprint density at radius 3 is 2.23 bits per heavy atom. The maximum Gasteiger partial charge on any atom is 0.225 e. The zero-order valence-electron chi connectivity index (χ0n) is 17.4. The number of rotatable bonds is 7. The topological polar surface area (TPSA) is 53.1 Å². The summed E-state index contributed by atoms with van der Waals surface area (Å²) < 4.78 is 26.6. The number of benzene rings is 3. The number of anilines is 3. The SMILES string of the molecule is CN(C)c1ccc(CNc2nc(NCc3ccc(F)c(F)c3)nc3ccccc23)cc1. The third-order valence-electron chi connectivity index (χ3n) is 4.95. The van der Waals surface area contributed by atoms with Crippen LogP contribution in [0.15, 0.2) is 66.7 Å². The van der Waals surface area contributed by atoms with Crippen molar-refractivity contribution in [3.63, 3.8) is 0 Å². The van der Waals surface area contributed by atoms with Gasteiger partial charge in [0.1, 0.15) is 5.82 Å². The van der Waals surface area contributed by atoms with Gasteiger partial charge in [-0.1, -0.05) is 30.3 Å². The second-order valence-corrected chi connectivity index (χ2v) is 7.43. The van der Waals surface area contributed by atoms with Crippen LogP contribution in [0.5, 0.6) is 0 Å². The molecule has 0 saturated carbocycles. The molecule has 3 aromatic carbocycles. The van der Waals surface area contributed by atoms with Crippen LogP contribution in [0.2, 0.25) is 0 Å². The lowest BCUT2D eigenvalue weighted by Gasteiger charge is -2.14. The molecule has 0 atom stereocenters. The molecule has 158 valence electrons. The second kappa shape index (κ2) is 8.95. The van der Waals surface area contributed by atoms with E-state index in [1.54, 1.807) is 0 Å². The van der Waals surface area contributed by atoms with Crippen LogP contribution in [0, 0.1) is 11.6 Å². The Labute approximate surface area is 179 Å². The minimum absolute atomic E-state index is 0.279. The number of hydrogen-bond donors (Lipinski definition) is 2. The lowest BCUT2D eigenvalue weighted by Crippen LogP contribution is -2.09. The average molecular weight is 419 g/mol. The summed E-state index contributed by atoms with van der Waals surface area (Å²) in [6, 6.07) is 19.8. The van der Waals surface area contributed by atoms with Crippen LogP contribution in [0.1, 0.15) is 11.1 Å². The van der Waals surface area contributed by atoms with Crippen molar-refractivity contribution in [1.29, 1.82) is 0 Å². The van der Waals surface area contributed by atoms with E-state index < -0.39 is 11.6 Å². The fourth-order valence-corrected chi connectivity index (χ4v) is 3.22. The monoisotopic (exact) mass is 419 g/mol. The Kier molecular flexibility index (Phi) is 5.93. The van der Waals surface area contributed by atoms with E-state index in [9.17, 15) is 8.78 Å². The molecule has 0 saturated heterocycles. The summed E-state index contributed by atoms with van der Waals surface area (Å²) >= 11 is 0. The Bertz CT molecular complexity index is 1190. The van der Waals surface area contributed by atoms with E-state index in [0.717, 1.165) is 28.2 Å². The van der Waals surface area contributed by atoms with Crippen molar-refractivity contribution in [3.8, 4) is 0 Å². The summed E-state index contributed by atoms with van der Waals surface area (Å²) in [5, 5.41) is 7.40. The fourth-order valence-electron chi connectivity index (χ4n) is 3.22.